The van der Waals surface area contributed by atoms with Crippen LogP contribution in [0.2, 0.25) is 0 Å². The molecule has 0 radical (unpaired) electrons. The van der Waals surface area contributed by atoms with Gasteiger partial charge in [-0.3, -0.25) is 4.79 Å². The Hall–Kier alpha value is -2.63. The minimum absolute atomic E-state index is 0.0719. The number of carbonyl (C=O) groups is 1. The first kappa shape index (κ1) is 17.2. The fraction of sp³-hybridized carbons (Fsp3) is 0.421. The second-order valence-corrected chi connectivity index (χ2v) is 6.24. The fourth-order valence-electron chi connectivity index (χ4n) is 3.06. The molecule has 0 aliphatic carbocycles. The number of aromatic nitrogens is 2. The van der Waals surface area contributed by atoms with Crippen LogP contribution >= 0.6 is 0 Å². The van der Waals surface area contributed by atoms with Crippen LogP contribution < -0.4 is 15.0 Å². The Labute approximate surface area is 148 Å². The number of aryl methyl sites for hydroxylation is 1. The van der Waals surface area contributed by atoms with Crippen LogP contribution in [-0.4, -0.2) is 36.1 Å². The summed E-state index contributed by atoms with van der Waals surface area (Å²) in [5, 5.41) is 2.91. The topological polar surface area (TPSA) is 67.3 Å². The number of methoxy groups -OCH3 is 1. The summed E-state index contributed by atoms with van der Waals surface area (Å²) in [5.74, 6) is 2.26. The van der Waals surface area contributed by atoms with E-state index >= 15 is 0 Å². The van der Waals surface area contributed by atoms with Crippen LogP contribution in [0.3, 0.4) is 0 Å². The molecule has 132 valence electrons. The van der Waals surface area contributed by atoms with Crippen molar-refractivity contribution < 1.29 is 9.53 Å². The maximum atomic E-state index is 12.2. The molecular weight excluding hydrogens is 316 g/mol. The molecule has 0 unspecified atom stereocenters. The molecule has 1 fully saturated rings. The largest absolute Gasteiger partial charge is 0.496 e. The van der Waals surface area contributed by atoms with Gasteiger partial charge >= 0.3 is 0 Å². The average molecular weight is 340 g/mol. The quantitative estimate of drug-likeness (QED) is 0.874. The van der Waals surface area contributed by atoms with E-state index in [1.54, 1.807) is 7.11 Å². The predicted molar refractivity (Wildman–Crippen MR) is 96.8 cm³/mol. The lowest BCUT2D eigenvalue weighted by molar-refractivity contribution is -0.120. The molecule has 25 heavy (non-hydrogen) atoms. The van der Waals surface area contributed by atoms with Crippen molar-refractivity contribution in [1.29, 1.82) is 0 Å². The molecule has 6 heteroatoms. The fourth-order valence-corrected chi connectivity index (χ4v) is 3.06. The second-order valence-electron chi connectivity index (χ2n) is 6.24. The Balaban J connectivity index is 1.62. The number of carbonyl (C=O) groups excluding carboxylic acids is 1. The van der Waals surface area contributed by atoms with Crippen LogP contribution in [0.25, 0.3) is 0 Å². The highest BCUT2D eigenvalue weighted by Crippen LogP contribution is 2.19. The van der Waals surface area contributed by atoms with Crippen molar-refractivity contribution in [3.63, 3.8) is 0 Å². The number of ether oxygens (including phenoxy) is 1. The number of nitrogens with zero attached hydrogens (tertiary/aromatic N) is 3. The molecule has 2 aromatic rings. The third-order valence-corrected chi connectivity index (χ3v) is 4.30. The number of amides is 1. The van der Waals surface area contributed by atoms with Crippen molar-refractivity contribution in [3.05, 3.63) is 47.4 Å². The molecule has 1 aromatic carbocycles. The molecule has 0 bridgehead atoms. The van der Waals surface area contributed by atoms with E-state index in [9.17, 15) is 4.79 Å². The van der Waals surface area contributed by atoms with Crippen molar-refractivity contribution in [2.45, 2.75) is 32.7 Å². The van der Waals surface area contributed by atoms with Crippen molar-refractivity contribution in [3.8, 4) is 5.75 Å². The molecule has 0 atom stereocenters. The van der Waals surface area contributed by atoms with E-state index in [2.05, 4.69) is 20.2 Å². The van der Waals surface area contributed by atoms with E-state index in [1.165, 1.54) is 12.8 Å². The van der Waals surface area contributed by atoms with Gasteiger partial charge in [-0.05, 0) is 25.8 Å². The van der Waals surface area contributed by atoms with Gasteiger partial charge in [0.1, 0.15) is 17.4 Å². The molecule has 1 amide bonds. The Morgan fingerprint density at radius 2 is 2.00 bits per heavy atom. The molecule has 1 aliphatic heterocycles. The maximum absolute atomic E-state index is 12.2. The third-order valence-electron chi connectivity index (χ3n) is 4.30. The molecule has 2 heterocycles. The van der Waals surface area contributed by atoms with E-state index in [1.807, 2.05) is 37.3 Å². The standard InChI is InChI=1S/C19H24N4O2/c1-14-11-18(23-9-5-6-10-23)22-17(21-14)13-20-19(24)12-15-7-3-4-8-16(15)25-2/h3-4,7-8,11H,5-6,9-10,12-13H2,1-2H3,(H,20,24). The van der Waals surface area contributed by atoms with Crippen molar-refractivity contribution >= 4 is 11.7 Å². The molecule has 1 N–H and O–H groups in total. The number of hydrogen-bond acceptors (Lipinski definition) is 5. The summed E-state index contributed by atoms with van der Waals surface area (Å²) in [6, 6.07) is 9.55. The summed E-state index contributed by atoms with van der Waals surface area (Å²) in [5.41, 5.74) is 1.79. The second kappa shape index (κ2) is 7.96. The van der Waals surface area contributed by atoms with Crippen LogP contribution in [0.1, 0.15) is 29.9 Å². The minimum atomic E-state index is -0.0719. The molecule has 1 aliphatic rings. The Bertz CT molecular complexity index is 742. The van der Waals surface area contributed by atoms with E-state index < -0.39 is 0 Å². The lowest BCUT2D eigenvalue weighted by atomic mass is 10.1. The number of para-hydroxylation sites is 1. The Morgan fingerprint density at radius 3 is 2.76 bits per heavy atom. The first-order valence-corrected chi connectivity index (χ1v) is 8.64. The van der Waals surface area contributed by atoms with Gasteiger partial charge in [0.25, 0.3) is 0 Å². The molecule has 6 nitrogen and oxygen atoms in total. The van der Waals surface area contributed by atoms with Gasteiger partial charge in [0, 0.05) is 30.4 Å². The lowest BCUT2D eigenvalue weighted by Crippen LogP contribution is -2.27. The zero-order valence-corrected chi connectivity index (χ0v) is 14.8. The van der Waals surface area contributed by atoms with Gasteiger partial charge in [0.05, 0.1) is 20.1 Å². The molecular formula is C19H24N4O2. The SMILES string of the molecule is COc1ccccc1CC(=O)NCc1nc(C)cc(N2CCCC2)n1. The summed E-state index contributed by atoms with van der Waals surface area (Å²) in [6.07, 6.45) is 2.68. The predicted octanol–water partition coefficient (Wildman–Crippen LogP) is 2.25. The van der Waals surface area contributed by atoms with Crippen LogP contribution in [0, 0.1) is 6.92 Å². The van der Waals surface area contributed by atoms with Gasteiger partial charge < -0.3 is 15.0 Å². The Kier molecular flexibility index (Phi) is 5.48. The molecule has 1 saturated heterocycles. The zero-order chi connectivity index (χ0) is 17.6. The third kappa shape index (κ3) is 4.47. The summed E-state index contributed by atoms with van der Waals surface area (Å²) < 4.78 is 5.29. The summed E-state index contributed by atoms with van der Waals surface area (Å²) in [6.45, 7) is 4.37. The molecule has 3 rings (SSSR count). The zero-order valence-electron chi connectivity index (χ0n) is 14.8. The number of anilines is 1. The van der Waals surface area contributed by atoms with E-state index in [-0.39, 0.29) is 12.3 Å². The van der Waals surface area contributed by atoms with Crippen LogP contribution in [0.15, 0.2) is 30.3 Å². The first-order chi connectivity index (χ1) is 12.2. The van der Waals surface area contributed by atoms with Gasteiger partial charge in [-0.15, -0.1) is 0 Å². The lowest BCUT2D eigenvalue weighted by Gasteiger charge is -2.17. The van der Waals surface area contributed by atoms with Gasteiger partial charge in [0.15, 0.2) is 0 Å². The summed E-state index contributed by atoms with van der Waals surface area (Å²) in [4.78, 5) is 23.6. The van der Waals surface area contributed by atoms with Gasteiger partial charge in [-0.2, -0.15) is 0 Å². The normalized spacial score (nSPS) is 13.8. The highest BCUT2D eigenvalue weighted by molar-refractivity contribution is 5.79. The highest BCUT2D eigenvalue weighted by Gasteiger charge is 2.15. The van der Waals surface area contributed by atoms with Gasteiger partial charge in [0.2, 0.25) is 5.91 Å². The highest BCUT2D eigenvalue weighted by atomic mass is 16.5. The van der Waals surface area contributed by atoms with E-state index in [0.717, 1.165) is 35.9 Å². The minimum Gasteiger partial charge on any atom is -0.496 e. The van der Waals surface area contributed by atoms with Crippen LogP contribution in [0.4, 0.5) is 5.82 Å². The Morgan fingerprint density at radius 1 is 1.24 bits per heavy atom. The number of nitrogens with one attached hydrogen (secondary N) is 1. The molecule has 1 aromatic heterocycles. The monoisotopic (exact) mass is 340 g/mol. The summed E-state index contributed by atoms with van der Waals surface area (Å²) in [7, 11) is 1.61. The maximum Gasteiger partial charge on any atom is 0.224 e. The number of benzene rings is 1. The van der Waals surface area contributed by atoms with Crippen molar-refractivity contribution in [1.82, 2.24) is 15.3 Å². The first-order valence-electron chi connectivity index (χ1n) is 8.64. The average Bonchev–Trinajstić information content (AvgIpc) is 3.15. The smallest absolute Gasteiger partial charge is 0.224 e. The summed E-state index contributed by atoms with van der Waals surface area (Å²) >= 11 is 0. The molecule has 0 spiro atoms. The number of rotatable bonds is 6. The van der Waals surface area contributed by atoms with Crippen molar-refractivity contribution in [2.24, 2.45) is 0 Å². The van der Waals surface area contributed by atoms with Crippen LogP contribution in [0.5, 0.6) is 5.75 Å². The van der Waals surface area contributed by atoms with Crippen molar-refractivity contribution in [2.75, 3.05) is 25.1 Å². The van der Waals surface area contributed by atoms with Crippen LogP contribution in [-0.2, 0) is 17.8 Å². The van der Waals surface area contributed by atoms with E-state index in [4.69, 9.17) is 4.74 Å². The van der Waals surface area contributed by atoms with Gasteiger partial charge in [-0.1, -0.05) is 18.2 Å². The van der Waals surface area contributed by atoms with Gasteiger partial charge in [-0.25, -0.2) is 9.97 Å². The number of hydrogen-bond donors (Lipinski definition) is 1. The molecule has 0 saturated carbocycles. The van der Waals surface area contributed by atoms with E-state index in [0.29, 0.717) is 12.4 Å².